The number of pyridine rings is 2. The van der Waals surface area contributed by atoms with E-state index in [1.165, 1.54) is 24.5 Å². The molecule has 11 heteroatoms. The first-order chi connectivity index (χ1) is 18.0. The molecule has 4 heterocycles. The van der Waals surface area contributed by atoms with Crippen molar-refractivity contribution >= 4 is 23.0 Å². The largest absolute Gasteiger partial charge is 0.481 e. The van der Waals surface area contributed by atoms with E-state index in [2.05, 4.69) is 21.4 Å². The Kier molecular flexibility index (Phi) is 7.04. The van der Waals surface area contributed by atoms with Gasteiger partial charge in [0.25, 0.3) is 0 Å². The van der Waals surface area contributed by atoms with Gasteiger partial charge in [0.1, 0.15) is 12.4 Å². The average Bonchev–Trinajstić information content (AvgIpc) is 3.32. The molecule has 1 fully saturated rings. The monoisotopic (exact) mass is 506 g/mol. The van der Waals surface area contributed by atoms with Crippen molar-refractivity contribution in [3.63, 3.8) is 0 Å². The summed E-state index contributed by atoms with van der Waals surface area (Å²) < 4.78 is 21.8. The summed E-state index contributed by atoms with van der Waals surface area (Å²) >= 11 is 0. The van der Waals surface area contributed by atoms with E-state index in [9.17, 15) is 14.7 Å². The van der Waals surface area contributed by atoms with Crippen LogP contribution in [-0.2, 0) is 19.0 Å². The molecule has 5 rings (SSSR count). The number of aliphatic hydroxyl groups excluding tert-OH is 1. The lowest BCUT2D eigenvalue weighted by molar-refractivity contribution is -0.123. The van der Waals surface area contributed by atoms with E-state index in [-0.39, 0.29) is 25.4 Å². The molecule has 3 aliphatic rings. The van der Waals surface area contributed by atoms with Gasteiger partial charge in [-0.25, -0.2) is 14.7 Å². The quantitative estimate of drug-likeness (QED) is 0.554. The molecule has 2 aromatic heterocycles. The van der Waals surface area contributed by atoms with Crippen molar-refractivity contribution < 1.29 is 33.6 Å². The Labute approximate surface area is 212 Å². The third kappa shape index (κ3) is 5.41. The minimum absolute atomic E-state index is 0.0732. The lowest BCUT2D eigenvalue weighted by atomic mass is 10.0. The Morgan fingerprint density at radius 1 is 1.32 bits per heavy atom. The predicted octanol–water partition coefficient (Wildman–Crippen LogP) is 2.96. The van der Waals surface area contributed by atoms with E-state index in [1.807, 2.05) is 12.2 Å². The number of fused-ring (bicyclic) bond motifs is 1. The molecular formula is C26H26N4O7. The van der Waals surface area contributed by atoms with Crippen molar-refractivity contribution in [1.29, 1.82) is 0 Å². The van der Waals surface area contributed by atoms with Gasteiger partial charge in [0.05, 0.1) is 43.8 Å². The standard InChI is InChI=1S/C26H26N4O7/c1-34-23-8-7-19-25(29-23)18(9-10-27-19)20(31)11-22(32)28-12-17-13-30(26(33)36-17)24-15-35-14-21(37-24)16-5-3-2-4-6-16/h2-3,5,7-10,14-15,17,20,31H,4,6,11-13H2,1H3,(H,28,32)/t17-,20+/m1/s1. The fraction of sp³-hybridized carbons (Fsp3) is 0.308. The van der Waals surface area contributed by atoms with Crippen LogP contribution in [0.1, 0.15) is 30.9 Å². The Bertz CT molecular complexity index is 1330. The van der Waals surface area contributed by atoms with Crippen molar-refractivity contribution in [3.8, 4) is 5.88 Å². The summed E-state index contributed by atoms with van der Waals surface area (Å²) in [5.74, 6) is 0.725. The van der Waals surface area contributed by atoms with Crippen LogP contribution in [0.25, 0.3) is 11.0 Å². The van der Waals surface area contributed by atoms with Gasteiger partial charge in [0, 0.05) is 17.8 Å². The Morgan fingerprint density at radius 3 is 3.03 bits per heavy atom. The van der Waals surface area contributed by atoms with Gasteiger partial charge in [0.2, 0.25) is 17.7 Å². The summed E-state index contributed by atoms with van der Waals surface area (Å²) in [4.78, 5) is 34.9. The molecule has 0 saturated carbocycles. The maximum atomic E-state index is 12.6. The van der Waals surface area contributed by atoms with Crippen molar-refractivity contribution in [2.75, 3.05) is 20.2 Å². The first-order valence-corrected chi connectivity index (χ1v) is 11.8. The lowest BCUT2D eigenvalue weighted by Gasteiger charge is -2.23. The fourth-order valence-corrected chi connectivity index (χ4v) is 4.19. The molecule has 2 N–H and O–H groups in total. The highest BCUT2D eigenvalue weighted by molar-refractivity contribution is 5.81. The molecule has 0 bridgehead atoms. The maximum absolute atomic E-state index is 12.6. The van der Waals surface area contributed by atoms with E-state index in [0.29, 0.717) is 28.2 Å². The number of cyclic esters (lactones) is 1. The van der Waals surface area contributed by atoms with E-state index >= 15 is 0 Å². The Balaban J connectivity index is 1.15. The smallest absolute Gasteiger partial charge is 0.417 e. The zero-order chi connectivity index (χ0) is 25.8. The molecule has 37 heavy (non-hydrogen) atoms. The summed E-state index contributed by atoms with van der Waals surface area (Å²) in [6, 6.07) is 5.02. The third-order valence-electron chi connectivity index (χ3n) is 6.09. The summed E-state index contributed by atoms with van der Waals surface area (Å²) in [6.45, 7) is 0.242. The summed E-state index contributed by atoms with van der Waals surface area (Å²) in [7, 11) is 1.50. The molecule has 11 nitrogen and oxygen atoms in total. The average molecular weight is 507 g/mol. The van der Waals surface area contributed by atoms with Gasteiger partial charge in [-0.05, 0) is 30.5 Å². The number of carbonyl (C=O) groups is 2. The highest BCUT2D eigenvalue weighted by atomic mass is 16.6. The van der Waals surface area contributed by atoms with Crippen LogP contribution < -0.4 is 10.1 Å². The third-order valence-corrected chi connectivity index (χ3v) is 6.09. The summed E-state index contributed by atoms with van der Waals surface area (Å²) in [5.41, 5.74) is 2.47. The second-order valence-corrected chi connectivity index (χ2v) is 8.60. The number of amides is 2. The van der Waals surface area contributed by atoms with Gasteiger partial charge >= 0.3 is 6.09 Å². The Hall–Kier alpha value is -4.38. The van der Waals surface area contributed by atoms with Crippen LogP contribution in [0.15, 0.2) is 72.4 Å². The van der Waals surface area contributed by atoms with Crippen LogP contribution in [-0.4, -0.2) is 58.3 Å². The number of ether oxygens (including phenoxy) is 4. The molecule has 0 radical (unpaired) electrons. The fourth-order valence-electron chi connectivity index (χ4n) is 4.19. The minimum atomic E-state index is -1.11. The van der Waals surface area contributed by atoms with Gasteiger partial charge in [0.15, 0.2) is 12.0 Å². The zero-order valence-electron chi connectivity index (χ0n) is 20.1. The number of methoxy groups -OCH3 is 1. The van der Waals surface area contributed by atoms with Crippen LogP contribution in [0.2, 0.25) is 0 Å². The molecule has 2 aromatic rings. The van der Waals surface area contributed by atoms with Gasteiger partial charge in [-0.1, -0.05) is 18.2 Å². The Morgan fingerprint density at radius 2 is 2.22 bits per heavy atom. The number of nitrogens with zero attached hydrogens (tertiary/aromatic N) is 3. The highest BCUT2D eigenvalue weighted by Crippen LogP contribution is 2.29. The summed E-state index contributed by atoms with van der Waals surface area (Å²) in [5, 5.41) is 13.4. The van der Waals surface area contributed by atoms with Crippen molar-refractivity contribution in [1.82, 2.24) is 20.2 Å². The second-order valence-electron chi connectivity index (χ2n) is 8.60. The highest BCUT2D eigenvalue weighted by Gasteiger charge is 2.36. The number of allylic oxidation sites excluding steroid dienone is 4. The number of nitrogens with one attached hydrogen (secondary N) is 1. The van der Waals surface area contributed by atoms with Crippen LogP contribution in [0.4, 0.5) is 4.79 Å². The van der Waals surface area contributed by atoms with Gasteiger partial charge in [-0.3, -0.25) is 9.78 Å². The normalized spacial score (nSPS) is 19.7. The molecule has 1 aliphatic carbocycles. The van der Waals surface area contributed by atoms with E-state index in [4.69, 9.17) is 18.9 Å². The molecule has 0 spiro atoms. The van der Waals surface area contributed by atoms with Crippen molar-refractivity contribution in [2.24, 2.45) is 0 Å². The number of aliphatic hydroxyl groups is 1. The molecular weight excluding hydrogens is 480 g/mol. The van der Waals surface area contributed by atoms with Gasteiger partial charge in [-0.2, -0.15) is 0 Å². The number of rotatable bonds is 8. The molecule has 2 aliphatic heterocycles. The molecule has 2 atom stereocenters. The first kappa shape index (κ1) is 24.3. The number of hydrogen-bond donors (Lipinski definition) is 2. The van der Waals surface area contributed by atoms with Gasteiger partial charge < -0.3 is 29.4 Å². The van der Waals surface area contributed by atoms with E-state index < -0.39 is 24.2 Å². The number of aromatic nitrogens is 2. The zero-order valence-corrected chi connectivity index (χ0v) is 20.1. The SMILES string of the molecule is COc1ccc2nccc([C@@H](O)CC(=O)NC[C@@H]3CN(C4=COC=C(C5=CC=CCC5)O4)C(=O)O3)c2n1. The maximum Gasteiger partial charge on any atom is 0.417 e. The lowest BCUT2D eigenvalue weighted by Crippen LogP contribution is -2.35. The molecule has 192 valence electrons. The molecule has 2 amide bonds. The minimum Gasteiger partial charge on any atom is -0.481 e. The predicted molar refractivity (Wildman–Crippen MR) is 130 cm³/mol. The van der Waals surface area contributed by atoms with Crippen LogP contribution in [0, 0.1) is 0 Å². The molecule has 0 unspecified atom stereocenters. The second kappa shape index (κ2) is 10.7. The summed E-state index contributed by atoms with van der Waals surface area (Å²) in [6.07, 6.45) is 9.53. The molecule has 0 aromatic carbocycles. The van der Waals surface area contributed by atoms with Crippen molar-refractivity contribution in [3.05, 3.63) is 77.9 Å². The number of carbonyl (C=O) groups excluding carboxylic acids is 2. The van der Waals surface area contributed by atoms with Crippen LogP contribution >= 0.6 is 0 Å². The topological polar surface area (TPSA) is 132 Å². The van der Waals surface area contributed by atoms with E-state index in [1.54, 1.807) is 24.4 Å². The van der Waals surface area contributed by atoms with Crippen molar-refractivity contribution in [2.45, 2.75) is 31.5 Å². The van der Waals surface area contributed by atoms with Gasteiger partial charge in [-0.15, -0.1) is 0 Å². The number of hydrogen-bond acceptors (Lipinski definition) is 9. The van der Waals surface area contributed by atoms with Crippen LogP contribution in [0.5, 0.6) is 5.88 Å². The first-order valence-electron chi connectivity index (χ1n) is 11.8. The van der Waals surface area contributed by atoms with Crippen LogP contribution in [0.3, 0.4) is 0 Å². The molecule has 1 saturated heterocycles. The van der Waals surface area contributed by atoms with E-state index in [0.717, 1.165) is 18.4 Å².